The van der Waals surface area contributed by atoms with Gasteiger partial charge < -0.3 is 15.1 Å². The zero-order valence-electron chi connectivity index (χ0n) is 18.1. The summed E-state index contributed by atoms with van der Waals surface area (Å²) in [6.07, 6.45) is 1.54. The second kappa shape index (κ2) is 8.92. The van der Waals surface area contributed by atoms with Gasteiger partial charge in [0.15, 0.2) is 0 Å². The molecule has 6 nitrogen and oxygen atoms in total. The van der Waals surface area contributed by atoms with Crippen LogP contribution >= 0.6 is 0 Å². The van der Waals surface area contributed by atoms with Crippen molar-refractivity contribution in [1.29, 1.82) is 0 Å². The molecule has 162 valence electrons. The highest BCUT2D eigenvalue weighted by atomic mass is 16.2. The highest BCUT2D eigenvalue weighted by Crippen LogP contribution is 2.28. The van der Waals surface area contributed by atoms with Crippen LogP contribution in [-0.2, 0) is 14.4 Å². The number of piperidine rings is 1. The molecule has 0 aliphatic carbocycles. The van der Waals surface area contributed by atoms with Crippen LogP contribution in [0.3, 0.4) is 0 Å². The number of nitrogens with zero attached hydrogens (tertiary/aromatic N) is 2. The number of hydrogen-bond acceptors (Lipinski definition) is 3. The van der Waals surface area contributed by atoms with Gasteiger partial charge in [-0.05, 0) is 56.0 Å². The third-order valence-electron chi connectivity index (χ3n) is 6.37. The molecular formula is C25H29N3O3. The van der Waals surface area contributed by atoms with Gasteiger partial charge in [0.05, 0.1) is 5.92 Å². The number of amides is 3. The molecule has 31 heavy (non-hydrogen) atoms. The van der Waals surface area contributed by atoms with Crippen LogP contribution < -0.4 is 10.2 Å². The molecule has 0 radical (unpaired) electrons. The average molecular weight is 420 g/mol. The highest BCUT2D eigenvalue weighted by Gasteiger charge is 2.38. The molecule has 4 rings (SSSR count). The number of nitrogens with one attached hydrogen (secondary N) is 1. The van der Waals surface area contributed by atoms with Gasteiger partial charge in [-0.3, -0.25) is 14.4 Å². The van der Waals surface area contributed by atoms with Crippen molar-refractivity contribution in [3.05, 3.63) is 59.7 Å². The maximum absolute atomic E-state index is 13.0. The lowest BCUT2D eigenvalue weighted by Crippen LogP contribution is -2.44. The Bertz CT molecular complexity index is 981. The summed E-state index contributed by atoms with van der Waals surface area (Å²) in [4.78, 5) is 41.7. The molecular weight excluding hydrogens is 390 g/mol. The Morgan fingerprint density at radius 2 is 1.68 bits per heavy atom. The normalized spacial score (nSPS) is 19.5. The van der Waals surface area contributed by atoms with E-state index in [4.69, 9.17) is 0 Å². The SMILES string of the molecule is Cc1ccc(C)c(NC(=O)C2CCN(C(=O)C3CC(=O)N(c4ccccc4)C3)CC2)c1. The fraction of sp³-hybridized carbons (Fsp3) is 0.400. The maximum Gasteiger partial charge on any atom is 0.228 e. The topological polar surface area (TPSA) is 69.7 Å². The molecule has 1 unspecified atom stereocenters. The molecule has 3 amide bonds. The van der Waals surface area contributed by atoms with Gasteiger partial charge in [-0.2, -0.15) is 0 Å². The summed E-state index contributed by atoms with van der Waals surface area (Å²) in [6, 6.07) is 15.5. The predicted octanol–water partition coefficient (Wildman–Crippen LogP) is 3.53. The van der Waals surface area contributed by atoms with Crippen LogP contribution in [0.2, 0.25) is 0 Å². The van der Waals surface area contributed by atoms with Crippen molar-refractivity contribution >= 4 is 29.1 Å². The van der Waals surface area contributed by atoms with Crippen molar-refractivity contribution in [3.8, 4) is 0 Å². The quantitative estimate of drug-likeness (QED) is 0.824. The molecule has 2 aromatic rings. The first kappa shape index (κ1) is 21.1. The summed E-state index contributed by atoms with van der Waals surface area (Å²) < 4.78 is 0. The molecule has 2 aliphatic rings. The molecule has 0 spiro atoms. The lowest BCUT2D eigenvalue weighted by Gasteiger charge is -2.33. The monoisotopic (exact) mass is 419 g/mol. The van der Waals surface area contributed by atoms with E-state index in [-0.39, 0.29) is 36.0 Å². The van der Waals surface area contributed by atoms with Crippen molar-refractivity contribution in [2.24, 2.45) is 11.8 Å². The molecule has 2 saturated heterocycles. The van der Waals surface area contributed by atoms with Crippen molar-refractivity contribution in [2.75, 3.05) is 29.9 Å². The number of para-hydroxylation sites is 1. The smallest absolute Gasteiger partial charge is 0.228 e. The van der Waals surface area contributed by atoms with Gasteiger partial charge in [0.2, 0.25) is 17.7 Å². The zero-order chi connectivity index (χ0) is 22.0. The largest absolute Gasteiger partial charge is 0.342 e. The maximum atomic E-state index is 13.0. The Morgan fingerprint density at radius 1 is 0.968 bits per heavy atom. The number of hydrogen-bond donors (Lipinski definition) is 1. The molecule has 0 bridgehead atoms. The van der Waals surface area contributed by atoms with Gasteiger partial charge in [-0.25, -0.2) is 0 Å². The minimum absolute atomic E-state index is 0.00709. The van der Waals surface area contributed by atoms with Crippen molar-refractivity contribution in [3.63, 3.8) is 0 Å². The summed E-state index contributed by atoms with van der Waals surface area (Å²) in [5.41, 5.74) is 3.84. The summed E-state index contributed by atoms with van der Waals surface area (Å²) in [7, 11) is 0. The van der Waals surface area contributed by atoms with E-state index in [1.54, 1.807) is 4.90 Å². The van der Waals surface area contributed by atoms with Crippen LogP contribution in [0.15, 0.2) is 48.5 Å². The predicted molar refractivity (Wildman–Crippen MR) is 121 cm³/mol. The molecule has 2 heterocycles. The van der Waals surface area contributed by atoms with Crippen LogP contribution in [0.5, 0.6) is 0 Å². The minimum atomic E-state index is -0.312. The highest BCUT2D eigenvalue weighted by molar-refractivity contribution is 6.00. The minimum Gasteiger partial charge on any atom is -0.342 e. The van der Waals surface area contributed by atoms with Crippen molar-refractivity contribution < 1.29 is 14.4 Å². The fourth-order valence-corrected chi connectivity index (χ4v) is 4.46. The Balaban J connectivity index is 1.31. The number of carbonyl (C=O) groups is 3. The third-order valence-corrected chi connectivity index (χ3v) is 6.37. The Hall–Kier alpha value is -3.15. The molecule has 0 saturated carbocycles. The fourth-order valence-electron chi connectivity index (χ4n) is 4.46. The third kappa shape index (κ3) is 4.63. The average Bonchev–Trinajstić information content (AvgIpc) is 3.18. The summed E-state index contributed by atoms with van der Waals surface area (Å²) in [6.45, 7) is 5.53. The van der Waals surface area contributed by atoms with E-state index in [0.717, 1.165) is 22.5 Å². The number of likely N-dealkylation sites (tertiary alicyclic amines) is 1. The first-order valence-electron chi connectivity index (χ1n) is 10.9. The molecule has 2 fully saturated rings. The second-order valence-corrected chi connectivity index (χ2v) is 8.65. The lowest BCUT2D eigenvalue weighted by atomic mass is 9.94. The van der Waals surface area contributed by atoms with Gasteiger partial charge in [-0.15, -0.1) is 0 Å². The number of aryl methyl sites for hydroxylation is 2. The zero-order valence-corrected chi connectivity index (χ0v) is 18.1. The summed E-state index contributed by atoms with van der Waals surface area (Å²) in [5, 5.41) is 3.06. The first-order chi connectivity index (χ1) is 14.9. The molecule has 1 N–H and O–H groups in total. The molecule has 2 aliphatic heterocycles. The van der Waals surface area contributed by atoms with Gasteiger partial charge in [0.1, 0.15) is 0 Å². The molecule has 6 heteroatoms. The van der Waals surface area contributed by atoms with E-state index in [1.165, 1.54) is 0 Å². The Kier molecular flexibility index (Phi) is 6.07. The van der Waals surface area contributed by atoms with Gasteiger partial charge in [-0.1, -0.05) is 30.3 Å². The van der Waals surface area contributed by atoms with Crippen LogP contribution in [0, 0.1) is 25.7 Å². The van der Waals surface area contributed by atoms with Gasteiger partial charge in [0.25, 0.3) is 0 Å². The van der Waals surface area contributed by atoms with Crippen LogP contribution in [0.25, 0.3) is 0 Å². The first-order valence-corrected chi connectivity index (χ1v) is 10.9. The molecule has 0 aromatic heterocycles. The number of rotatable bonds is 4. The van der Waals surface area contributed by atoms with Crippen LogP contribution in [-0.4, -0.2) is 42.3 Å². The Labute approximate surface area is 183 Å². The number of benzene rings is 2. The summed E-state index contributed by atoms with van der Waals surface area (Å²) >= 11 is 0. The molecule has 2 aromatic carbocycles. The van der Waals surface area contributed by atoms with Gasteiger partial charge >= 0.3 is 0 Å². The van der Waals surface area contributed by atoms with Gasteiger partial charge in [0, 0.05) is 43.3 Å². The van der Waals surface area contributed by atoms with Crippen LogP contribution in [0.1, 0.15) is 30.4 Å². The van der Waals surface area contributed by atoms with E-state index >= 15 is 0 Å². The van der Waals surface area contributed by atoms with E-state index in [2.05, 4.69) is 5.32 Å². The van der Waals surface area contributed by atoms with E-state index in [0.29, 0.717) is 32.5 Å². The van der Waals surface area contributed by atoms with E-state index in [1.807, 2.05) is 67.3 Å². The summed E-state index contributed by atoms with van der Waals surface area (Å²) in [5.74, 6) is -0.373. The lowest BCUT2D eigenvalue weighted by molar-refractivity contribution is -0.138. The second-order valence-electron chi connectivity index (χ2n) is 8.65. The van der Waals surface area contributed by atoms with E-state index in [9.17, 15) is 14.4 Å². The van der Waals surface area contributed by atoms with Crippen molar-refractivity contribution in [1.82, 2.24) is 4.90 Å². The Morgan fingerprint density at radius 3 is 2.39 bits per heavy atom. The van der Waals surface area contributed by atoms with Crippen LogP contribution in [0.4, 0.5) is 11.4 Å². The van der Waals surface area contributed by atoms with E-state index < -0.39 is 0 Å². The number of carbonyl (C=O) groups excluding carboxylic acids is 3. The number of anilines is 2. The molecule has 1 atom stereocenters. The standard InChI is InChI=1S/C25H29N3O3/c1-17-8-9-18(2)22(14-17)26-24(30)19-10-12-27(13-11-19)25(31)20-15-23(29)28(16-20)21-6-4-3-5-7-21/h3-9,14,19-20H,10-13,15-16H2,1-2H3,(H,26,30). The van der Waals surface area contributed by atoms with Crippen molar-refractivity contribution in [2.45, 2.75) is 33.1 Å².